The first-order valence-electron chi connectivity index (χ1n) is 10.1. The number of aliphatic carboxylic acids is 1. The Morgan fingerprint density at radius 3 is 2.39 bits per heavy atom. The summed E-state index contributed by atoms with van der Waals surface area (Å²) in [6.07, 6.45) is 6.15. The van der Waals surface area contributed by atoms with Crippen molar-refractivity contribution in [3.63, 3.8) is 0 Å². The van der Waals surface area contributed by atoms with Crippen molar-refractivity contribution in [3.8, 4) is 10.6 Å². The van der Waals surface area contributed by atoms with Gasteiger partial charge in [-0.2, -0.15) is 4.31 Å². The van der Waals surface area contributed by atoms with Gasteiger partial charge in [-0.1, -0.05) is 43.2 Å². The highest BCUT2D eigenvalue weighted by Crippen LogP contribution is 2.23. The zero-order valence-corrected chi connectivity index (χ0v) is 18.7. The van der Waals surface area contributed by atoms with Crippen molar-refractivity contribution in [2.45, 2.75) is 43.7 Å². The molecule has 0 radical (unpaired) electrons. The number of benzene rings is 1. The fourth-order valence-electron chi connectivity index (χ4n) is 3.16. The van der Waals surface area contributed by atoms with Crippen LogP contribution in [0.1, 0.15) is 37.7 Å². The first kappa shape index (κ1) is 23.1. The minimum atomic E-state index is -3.74. The summed E-state index contributed by atoms with van der Waals surface area (Å²) in [4.78, 5) is 19.0. The fraction of sp³-hybridized carbons (Fsp3) is 0.318. The number of thiazole rings is 1. The summed E-state index contributed by atoms with van der Waals surface area (Å²) in [5, 5.41) is 11.6. The Morgan fingerprint density at radius 1 is 0.968 bits per heavy atom. The van der Waals surface area contributed by atoms with Gasteiger partial charge in [-0.05, 0) is 30.5 Å². The number of rotatable bonds is 12. The number of hydrogen-bond acceptors (Lipinski definition) is 6. The van der Waals surface area contributed by atoms with E-state index in [4.69, 9.17) is 5.11 Å². The second-order valence-corrected chi connectivity index (χ2v) is 9.88. The van der Waals surface area contributed by atoms with E-state index in [1.807, 2.05) is 29.6 Å². The molecule has 3 rings (SSSR count). The SMILES string of the molecule is O=C(O)CCCCCCN(Cc1ccc(-c2nccs2)cc1)S(=O)(=O)c1ccccn1. The number of aromatic nitrogens is 2. The second-order valence-electron chi connectivity index (χ2n) is 7.10. The van der Waals surface area contributed by atoms with Crippen molar-refractivity contribution < 1.29 is 18.3 Å². The molecule has 9 heteroatoms. The Morgan fingerprint density at radius 2 is 1.74 bits per heavy atom. The van der Waals surface area contributed by atoms with Gasteiger partial charge < -0.3 is 5.11 Å². The molecule has 2 heterocycles. The number of carbonyl (C=O) groups is 1. The maximum atomic E-state index is 13.2. The van der Waals surface area contributed by atoms with E-state index in [-0.39, 0.29) is 18.0 Å². The molecule has 3 aromatic rings. The van der Waals surface area contributed by atoms with Crippen LogP contribution in [0.4, 0.5) is 0 Å². The summed E-state index contributed by atoms with van der Waals surface area (Å²) in [5.41, 5.74) is 1.88. The van der Waals surface area contributed by atoms with Crippen LogP contribution in [0.15, 0.2) is 65.3 Å². The third kappa shape index (κ3) is 6.68. The Hall–Kier alpha value is -2.62. The van der Waals surface area contributed by atoms with Crippen molar-refractivity contribution in [2.24, 2.45) is 0 Å². The zero-order chi connectivity index (χ0) is 22.1. The molecule has 0 atom stereocenters. The lowest BCUT2D eigenvalue weighted by Gasteiger charge is -2.22. The molecule has 0 saturated carbocycles. The first-order valence-corrected chi connectivity index (χ1v) is 12.4. The van der Waals surface area contributed by atoms with Crippen molar-refractivity contribution >= 4 is 27.3 Å². The van der Waals surface area contributed by atoms with Gasteiger partial charge in [0.05, 0.1) is 0 Å². The fourth-order valence-corrected chi connectivity index (χ4v) is 5.20. The zero-order valence-electron chi connectivity index (χ0n) is 17.1. The van der Waals surface area contributed by atoms with Gasteiger partial charge in [-0.3, -0.25) is 4.79 Å². The third-order valence-electron chi connectivity index (χ3n) is 4.78. The van der Waals surface area contributed by atoms with Gasteiger partial charge in [0.15, 0.2) is 5.03 Å². The molecule has 7 nitrogen and oxygen atoms in total. The highest BCUT2D eigenvalue weighted by molar-refractivity contribution is 7.89. The average Bonchev–Trinajstić information content (AvgIpc) is 3.31. The highest BCUT2D eigenvalue weighted by Gasteiger charge is 2.25. The number of unbranched alkanes of at least 4 members (excludes halogenated alkanes) is 3. The van der Waals surface area contributed by atoms with E-state index < -0.39 is 16.0 Å². The molecule has 0 bridgehead atoms. The summed E-state index contributed by atoms with van der Waals surface area (Å²) in [6.45, 7) is 0.590. The Bertz CT molecular complexity index is 1050. The van der Waals surface area contributed by atoms with Gasteiger partial charge in [0.1, 0.15) is 5.01 Å². The minimum absolute atomic E-state index is 0.0280. The van der Waals surface area contributed by atoms with Crippen LogP contribution in [0.5, 0.6) is 0 Å². The molecule has 0 aliphatic rings. The van der Waals surface area contributed by atoms with E-state index in [0.29, 0.717) is 19.4 Å². The molecule has 0 unspecified atom stereocenters. The van der Waals surface area contributed by atoms with Crippen LogP contribution >= 0.6 is 11.3 Å². The average molecular weight is 460 g/mol. The van der Waals surface area contributed by atoms with Crippen molar-refractivity contribution in [1.29, 1.82) is 0 Å². The van der Waals surface area contributed by atoms with E-state index >= 15 is 0 Å². The number of carboxylic acid groups (broad SMARTS) is 1. The maximum absolute atomic E-state index is 13.2. The van der Waals surface area contributed by atoms with Gasteiger partial charge in [-0.25, -0.2) is 18.4 Å². The van der Waals surface area contributed by atoms with Crippen LogP contribution in [0.3, 0.4) is 0 Å². The topological polar surface area (TPSA) is 100 Å². The number of sulfonamides is 1. The van der Waals surface area contributed by atoms with E-state index in [1.54, 1.807) is 29.7 Å². The lowest BCUT2D eigenvalue weighted by atomic mass is 10.1. The number of hydrogen-bond donors (Lipinski definition) is 1. The predicted molar refractivity (Wildman–Crippen MR) is 120 cm³/mol. The molecule has 2 aromatic heterocycles. The molecule has 1 N–H and O–H groups in total. The van der Waals surface area contributed by atoms with Crippen LogP contribution < -0.4 is 0 Å². The molecule has 0 aliphatic heterocycles. The van der Waals surface area contributed by atoms with E-state index in [2.05, 4.69) is 9.97 Å². The van der Waals surface area contributed by atoms with Gasteiger partial charge in [0.2, 0.25) is 0 Å². The summed E-state index contributed by atoms with van der Waals surface area (Å²) >= 11 is 1.55. The molecular formula is C22H25N3O4S2. The third-order valence-corrected chi connectivity index (χ3v) is 7.37. The lowest BCUT2D eigenvalue weighted by molar-refractivity contribution is -0.137. The molecule has 31 heavy (non-hydrogen) atoms. The van der Waals surface area contributed by atoms with Gasteiger partial charge in [0, 0.05) is 42.8 Å². The lowest BCUT2D eigenvalue weighted by Crippen LogP contribution is -2.32. The van der Waals surface area contributed by atoms with Gasteiger partial charge in [-0.15, -0.1) is 11.3 Å². The molecular weight excluding hydrogens is 434 g/mol. The van der Waals surface area contributed by atoms with Crippen molar-refractivity contribution in [3.05, 3.63) is 65.8 Å². The number of nitrogens with zero attached hydrogens (tertiary/aromatic N) is 3. The normalized spacial score (nSPS) is 11.6. The van der Waals surface area contributed by atoms with Crippen molar-refractivity contribution in [1.82, 2.24) is 14.3 Å². The molecule has 0 fully saturated rings. The van der Waals surface area contributed by atoms with E-state index in [1.165, 1.54) is 16.6 Å². The minimum Gasteiger partial charge on any atom is -0.481 e. The Kier molecular flexibility index (Phi) is 8.27. The largest absolute Gasteiger partial charge is 0.481 e. The first-order chi connectivity index (χ1) is 15.0. The highest BCUT2D eigenvalue weighted by atomic mass is 32.2. The Balaban J connectivity index is 1.70. The number of pyridine rings is 1. The van der Waals surface area contributed by atoms with E-state index in [9.17, 15) is 13.2 Å². The van der Waals surface area contributed by atoms with Crippen LogP contribution in [0.25, 0.3) is 10.6 Å². The monoisotopic (exact) mass is 459 g/mol. The molecule has 0 spiro atoms. The summed E-state index contributed by atoms with van der Waals surface area (Å²) in [5.74, 6) is -0.805. The molecule has 0 aliphatic carbocycles. The predicted octanol–water partition coefficient (Wildman–Crippen LogP) is 4.43. The van der Waals surface area contributed by atoms with Crippen LogP contribution in [-0.4, -0.2) is 40.3 Å². The molecule has 164 valence electrons. The summed E-state index contributed by atoms with van der Waals surface area (Å²) in [6, 6.07) is 12.6. The van der Waals surface area contributed by atoms with Gasteiger partial charge >= 0.3 is 5.97 Å². The Labute approximate surface area is 186 Å². The quantitative estimate of drug-likeness (QED) is 0.402. The molecule has 1 aromatic carbocycles. The maximum Gasteiger partial charge on any atom is 0.303 e. The summed E-state index contributed by atoms with van der Waals surface area (Å²) < 4.78 is 27.8. The van der Waals surface area contributed by atoms with Crippen LogP contribution in [0.2, 0.25) is 0 Å². The van der Waals surface area contributed by atoms with Crippen molar-refractivity contribution in [2.75, 3.05) is 6.54 Å². The summed E-state index contributed by atoms with van der Waals surface area (Å²) in [7, 11) is -3.74. The van der Waals surface area contributed by atoms with E-state index in [0.717, 1.165) is 29.0 Å². The molecule has 0 amide bonds. The smallest absolute Gasteiger partial charge is 0.303 e. The van der Waals surface area contributed by atoms with Crippen LogP contribution in [-0.2, 0) is 21.4 Å². The van der Waals surface area contributed by atoms with Gasteiger partial charge in [0.25, 0.3) is 10.0 Å². The van der Waals surface area contributed by atoms with Crippen LogP contribution in [0, 0.1) is 0 Å². The standard InChI is InChI=1S/C22H25N3O4S2/c26-21(27)8-3-1-2-6-15-25(31(28,29)20-7-4-5-13-23-20)17-18-9-11-19(12-10-18)22-24-14-16-30-22/h4-5,7,9-14,16H,1-3,6,8,15,17H2,(H,26,27). The second kappa shape index (κ2) is 11.1. The molecule has 0 saturated heterocycles. The number of carboxylic acids is 1.